The van der Waals surface area contributed by atoms with Crippen LogP contribution in [-0.2, 0) is 11.3 Å². The molecule has 23 heavy (non-hydrogen) atoms. The number of carbonyl (C=O) groups is 1. The van der Waals surface area contributed by atoms with Crippen molar-refractivity contribution in [2.24, 2.45) is 0 Å². The van der Waals surface area contributed by atoms with Crippen molar-refractivity contribution in [3.05, 3.63) is 24.5 Å². The van der Waals surface area contributed by atoms with Crippen molar-refractivity contribution in [3.8, 4) is 11.4 Å². The van der Waals surface area contributed by atoms with Gasteiger partial charge in [0.15, 0.2) is 11.0 Å². The van der Waals surface area contributed by atoms with E-state index in [1.165, 1.54) is 11.8 Å². The number of aromatic nitrogens is 4. The number of nitrogens with one attached hydrogen (secondary N) is 1. The van der Waals surface area contributed by atoms with Crippen LogP contribution in [0.15, 0.2) is 29.7 Å². The second kappa shape index (κ2) is 8.67. The molecule has 0 spiro atoms. The van der Waals surface area contributed by atoms with Crippen LogP contribution in [0.2, 0.25) is 0 Å². The summed E-state index contributed by atoms with van der Waals surface area (Å²) in [7, 11) is 0. The Balaban J connectivity index is 2.10. The molecule has 0 radical (unpaired) electrons. The van der Waals surface area contributed by atoms with Crippen molar-refractivity contribution in [2.45, 2.75) is 51.4 Å². The maximum Gasteiger partial charge on any atom is 0.230 e. The first-order chi connectivity index (χ1) is 11.2. The molecule has 124 valence electrons. The molecule has 1 atom stereocenters. The molecule has 2 rings (SSSR count). The standard InChI is InChI=1S/C16H23N5OS/c1-4-10-21-15(13-6-8-17-9-7-13)19-20-16(21)23-11-14(22)18-12(3)5-2/h6-9,12H,4-5,10-11H2,1-3H3,(H,18,22)/t12-/m1/s1. The van der Waals surface area contributed by atoms with Crippen LogP contribution in [0, 0.1) is 0 Å². The van der Waals surface area contributed by atoms with E-state index in [2.05, 4.69) is 38.9 Å². The highest BCUT2D eigenvalue weighted by molar-refractivity contribution is 7.99. The van der Waals surface area contributed by atoms with E-state index in [0.29, 0.717) is 5.75 Å². The minimum absolute atomic E-state index is 0.0286. The first-order valence-corrected chi connectivity index (χ1v) is 8.90. The van der Waals surface area contributed by atoms with Gasteiger partial charge in [0.05, 0.1) is 5.75 Å². The van der Waals surface area contributed by atoms with Crippen molar-refractivity contribution in [1.29, 1.82) is 0 Å². The van der Waals surface area contributed by atoms with Crippen LogP contribution in [0.5, 0.6) is 0 Å². The van der Waals surface area contributed by atoms with Gasteiger partial charge < -0.3 is 9.88 Å². The summed E-state index contributed by atoms with van der Waals surface area (Å²) in [5.74, 6) is 1.20. The zero-order valence-electron chi connectivity index (χ0n) is 13.8. The minimum Gasteiger partial charge on any atom is -0.353 e. The molecule has 0 fully saturated rings. The van der Waals surface area contributed by atoms with Gasteiger partial charge in [0.2, 0.25) is 5.91 Å². The molecule has 0 saturated carbocycles. The first-order valence-electron chi connectivity index (χ1n) is 7.91. The Bertz CT molecular complexity index is 629. The Hall–Kier alpha value is -1.89. The Morgan fingerprint density at radius 2 is 2.04 bits per heavy atom. The van der Waals surface area contributed by atoms with Crippen molar-refractivity contribution in [2.75, 3.05) is 5.75 Å². The highest BCUT2D eigenvalue weighted by atomic mass is 32.2. The monoisotopic (exact) mass is 333 g/mol. The molecule has 1 N–H and O–H groups in total. The number of rotatable bonds is 8. The summed E-state index contributed by atoms with van der Waals surface area (Å²) in [6, 6.07) is 4.03. The van der Waals surface area contributed by atoms with Crippen LogP contribution >= 0.6 is 11.8 Å². The van der Waals surface area contributed by atoms with Crippen LogP contribution in [0.25, 0.3) is 11.4 Å². The zero-order valence-corrected chi connectivity index (χ0v) is 14.6. The Morgan fingerprint density at radius 1 is 1.30 bits per heavy atom. The Morgan fingerprint density at radius 3 is 2.70 bits per heavy atom. The number of hydrogen-bond donors (Lipinski definition) is 1. The molecule has 2 heterocycles. The van der Waals surface area contributed by atoms with E-state index in [9.17, 15) is 4.79 Å². The fourth-order valence-electron chi connectivity index (χ4n) is 2.08. The van der Waals surface area contributed by atoms with E-state index in [0.717, 1.165) is 35.9 Å². The number of nitrogens with zero attached hydrogens (tertiary/aromatic N) is 4. The molecule has 2 aromatic rings. The Labute approximate surface area is 141 Å². The second-order valence-electron chi connectivity index (χ2n) is 5.36. The van der Waals surface area contributed by atoms with Gasteiger partial charge in [0.25, 0.3) is 0 Å². The highest BCUT2D eigenvalue weighted by Gasteiger charge is 2.15. The molecule has 0 aliphatic rings. The van der Waals surface area contributed by atoms with Gasteiger partial charge in [-0.1, -0.05) is 25.6 Å². The van der Waals surface area contributed by atoms with Crippen molar-refractivity contribution >= 4 is 17.7 Å². The number of pyridine rings is 1. The van der Waals surface area contributed by atoms with Crippen molar-refractivity contribution in [1.82, 2.24) is 25.1 Å². The predicted octanol–water partition coefficient (Wildman–Crippen LogP) is 2.76. The van der Waals surface area contributed by atoms with Gasteiger partial charge in [-0.05, 0) is 31.9 Å². The second-order valence-corrected chi connectivity index (χ2v) is 6.30. The summed E-state index contributed by atoms with van der Waals surface area (Å²) in [4.78, 5) is 16.0. The number of carbonyl (C=O) groups excluding carboxylic acids is 1. The summed E-state index contributed by atoms with van der Waals surface area (Å²) in [6.07, 6.45) is 5.39. The van der Waals surface area contributed by atoms with E-state index < -0.39 is 0 Å². The number of hydrogen-bond acceptors (Lipinski definition) is 5. The molecular formula is C16H23N5OS. The first kappa shape index (κ1) is 17.5. The molecule has 6 nitrogen and oxygen atoms in total. The summed E-state index contributed by atoms with van der Waals surface area (Å²) in [6.45, 7) is 6.99. The fourth-order valence-corrected chi connectivity index (χ4v) is 2.86. The zero-order chi connectivity index (χ0) is 16.7. The normalized spacial score (nSPS) is 12.1. The van der Waals surface area contributed by atoms with Gasteiger partial charge in [0, 0.05) is 30.5 Å². The molecular weight excluding hydrogens is 310 g/mol. The quantitative estimate of drug-likeness (QED) is 0.752. The van der Waals surface area contributed by atoms with E-state index >= 15 is 0 Å². The third kappa shape index (κ3) is 4.79. The molecule has 0 saturated heterocycles. The molecule has 0 aliphatic heterocycles. The van der Waals surface area contributed by atoms with Gasteiger partial charge >= 0.3 is 0 Å². The maximum atomic E-state index is 11.9. The smallest absolute Gasteiger partial charge is 0.230 e. The van der Waals surface area contributed by atoms with Crippen LogP contribution < -0.4 is 5.32 Å². The summed E-state index contributed by atoms with van der Waals surface area (Å²) >= 11 is 1.42. The van der Waals surface area contributed by atoms with Crippen LogP contribution in [0.1, 0.15) is 33.6 Å². The SMILES string of the molecule is CCCn1c(SCC(=O)N[C@H](C)CC)nnc1-c1ccncc1. The summed E-state index contributed by atoms with van der Waals surface area (Å²) < 4.78 is 2.07. The van der Waals surface area contributed by atoms with Gasteiger partial charge in [0.1, 0.15) is 0 Å². The Kier molecular flexibility index (Phi) is 6.58. The van der Waals surface area contributed by atoms with E-state index in [1.807, 2.05) is 19.1 Å². The van der Waals surface area contributed by atoms with Gasteiger partial charge in [-0.15, -0.1) is 10.2 Å². The molecule has 0 aliphatic carbocycles. The fraction of sp³-hybridized carbons (Fsp3) is 0.500. The van der Waals surface area contributed by atoms with Crippen molar-refractivity contribution in [3.63, 3.8) is 0 Å². The lowest BCUT2D eigenvalue weighted by atomic mass is 10.2. The van der Waals surface area contributed by atoms with Crippen LogP contribution in [0.3, 0.4) is 0 Å². The average molecular weight is 333 g/mol. The van der Waals surface area contributed by atoms with Crippen LogP contribution in [0.4, 0.5) is 0 Å². The largest absolute Gasteiger partial charge is 0.353 e. The third-order valence-corrected chi connectivity index (χ3v) is 4.42. The average Bonchev–Trinajstić information content (AvgIpc) is 2.97. The molecule has 7 heteroatoms. The summed E-state index contributed by atoms with van der Waals surface area (Å²) in [5, 5.41) is 12.3. The number of amides is 1. The maximum absolute atomic E-state index is 11.9. The predicted molar refractivity (Wildman–Crippen MR) is 92.2 cm³/mol. The third-order valence-electron chi connectivity index (χ3n) is 3.45. The lowest BCUT2D eigenvalue weighted by molar-refractivity contribution is -0.119. The molecule has 0 unspecified atom stereocenters. The van der Waals surface area contributed by atoms with Gasteiger partial charge in [-0.2, -0.15) is 0 Å². The van der Waals surface area contributed by atoms with Gasteiger partial charge in [-0.3, -0.25) is 9.78 Å². The van der Waals surface area contributed by atoms with E-state index in [1.54, 1.807) is 12.4 Å². The molecule has 0 bridgehead atoms. The van der Waals surface area contributed by atoms with Crippen molar-refractivity contribution < 1.29 is 4.79 Å². The molecule has 2 aromatic heterocycles. The van der Waals surface area contributed by atoms with Crippen LogP contribution in [-0.4, -0.2) is 37.5 Å². The summed E-state index contributed by atoms with van der Waals surface area (Å²) in [5.41, 5.74) is 0.983. The lowest BCUT2D eigenvalue weighted by Gasteiger charge is -2.11. The topological polar surface area (TPSA) is 72.7 Å². The van der Waals surface area contributed by atoms with E-state index in [-0.39, 0.29) is 11.9 Å². The lowest BCUT2D eigenvalue weighted by Crippen LogP contribution is -2.33. The van der Waals surface area contributed by atoms with Gasteiger partial charge in [-0.25, -0.2) is 0 Å². The van der Waals surface area contributed by atoms with E-state index in [4.69, 9.17) is 0 Å². The minimum atomic E-state index is 0.0286. The number of thioether (sulfide) groups is 1. The molecule has 0 aromatic carbocycles. The molecule has 1 amide bonds. The highest BCUT2D eigenvalue weighted by Crippen LogP contribution is 2.23.